The van der Waals surface area contributed by atoms with E-state index in [4.69, 9.17) is 5.11 Å². The molecule has 20 heavy (non-hydrogen) atoms. The molecule has 1 fully saturated rings. The maximum atomic E-state index is 11.9. The Balaban J connectivity index is 2.51. The van der Waals surface area contributed by atoms with Crippen molar-refractivity contribution < 1.29 is 19.5 Å². The standard InChI is InChI=1S/C13H15N3O4/c1-7-4-8(11(18)19)5-9(14-7)16-6-10(17)15-12(20)13(16,2)3/h4-5H,6H2,1-3H3,(H,18,19)(H,15,17,20). The van der Waals surface area contributed by atoms with Crippen LogP contribution in [0.1, 0.15) is 29.9 Å². The van der Waals surface area contributed by atoms with Crippen LogP contribution in [-0.2, 0) is 9.59 Å². The number of carboxylic acids is 1. The van der Waals surface area contributed by atoms with Crippen molar-refractivity contribution >= 4 is 23.6 Å². The average molecular weight is 277 g/mol. The van der Waals surface area contributed by atoms with E-state index in [2.05, 4.69) is 10.3 Å². The van der Waals surface area contributed by atoms with Crippen LogP contribution in [0.4, 0.5) is 5.82 Å². The largest absolute Gasteiger partial charge is 0.478 e. The first-order valence-electron chi connectivity index (χ1n) is 6.05. The van der Waals surface area contributed by atoms with Gasteiger partial charge in [0.25, 0.3) is 5.91 Å². The van der Waals surface area contributed by atoms with Crippen LogP contribution in [0.5, 0.6) is 0 Å². The number of nitrogens with zero attached hydrogens (tertiary/aromatic N) is 2. The van der Waals surface area contributed by atoms with E-state index in [1.807, 2.05) is 0 Å². The molecule has 1 aromatic heterocycles. The zero-order chi connectivity index (χ0) is 15.1. The predicted octanol–water partition coefficient (Wildman–Crippen LogP) is 0.330. The zero-order valence-corrected chi connectivity index (χ0v) is 11.4. The van der Waals surface area contributed by atoms with Crippen molar-refractivity contribution in [1.82, 2.24) is 10.3 Å². The highest BCUT2D eigenvalue weighted by Crippen LogP contribution is 2.26. The summed E-state index contributed by atoms with van der Waals surface area (Å²) in [6.45, 7) is 4.92. The molecule has 0 spiro atoms. The van der Waals surface area contributed by atoms with Crippen LogP contribution >= 0.6 is 0 Å². The number of aromatic carboxylic acids is 1. The molecule has 0 atom stereocenters. The summed E-state index contributed by atoms with van der Waals surface area (Å²) in [6.07, 6.45) is 0. The molecule has 2 amide bonds. The average Bonchev–Trinajstić information content (AvgIpc) is 2.33. The molecule has 1 aromatic rings. The number of carbonyl (C=O) groups excluding carboxylic acids is 2. The van der Waals surface area contributed by atoms with Gasteiger partial charge in [0.05, 0.1) is 12.1 Å². The lowest BCUT2D eigenvalue weighted by Gasteiger charge is -2.41. The first-order chi connectivity index (χ1) is 9.21. The Morgan fingerprint density at radius 2 is 2.05 bits per heavy atom. The molecule has 2 heterocycles. The quantitative estimate of drug-likeness (QED) is 0.756. The Kier molecular flexibility index (Phi) is 3.21. The van der Waals surface area contributed by atoms with Crippen molar-refractivity contribution in [2.45, 2.75) is 26.3 Å². The summed E-state index contributed by atoms with van der Waals surface area (Å²) in [5.74, 6) is -1.65. The molecule has 2 N–H and O–H groups in total. The molecule has 1 aliphatic rings. The predicted molar refractivity (Wildman–Crippen MR) is 70.5 cm³/mol. The number of amides is 2. The number of aromatic nitrogens is 1. The molecule has 0 radical (unpaired) electrons. The fraction of sp³-hybridized carbons (Fsp3) is 0.385. The molecule has 2 rings (SSSR count). The molecule has 7 heteroatoms. The molecule has 106 valence electrons. The normalized spacial score (nSPS) is 17.9. The highest BCUT2D eigenvalue weighted by atomic mass is 16.4. The third-order valence-corrected chi connectivity index (χ3v) is 3.25. The van der Waals surface area contributed by atoms with E-state index in [1.165, 1.54) is 17.0 Å². The van der Waals surface area contributed by atoms with Gasteiger partial charge >= 0.3 is 5.97 Å². The molecule has 0 saturated carbocycles. The van der Waals surface area contributed by atoms with Crippen LogP contribution in [0.15, 0.2) is 12.1 Å². The number of aryl methyl sites for hydroxylation is 1. The highest BCUT2D eigenvalue weighted by molar-refractivity contribution is 6.06. The van der Waals surface area contributed by atoms with Crippen LogP contribution < -0.4 is 10.2 Å². The van der Waals surface area contributed by atoms with E-state index < -0.39 is 23.3 Å². The number of hydrogen-bond acceptors (Lipinski definition) is 5. The number of anilines is 1. The molecular weight excluding hydrogens is 262 g/mol. The van der Waals surface area contributed by atoms with Gasteiger partial charge in [0.2, 0.25) is 5.91 Å². The maximum absolute atomic E-state index is 11.9. The second-order valence-electron chi connectivity index (χ2n) is 5.18. The number of nitrogens with one attached hydrogen (secondary N) is 1. The fourth-order valence-corrected chi connectivity index (χ4v) is 2.06. The number of rotatable bonds is 2. The van der Waals surface area contributed by atoms with Gasteiger partial charge in [-0.3, -0.25) is 14.9 Å². The summed E-state index contributed by atoms with van der Waals surface area (Å²) < 4.78 is 0. The van der Waals surface area contributed by atoms with Crippen molar-refractivity contribution in [3.63, 3.8) is 0 Å². The molecule has 0 bridgehead atoms. The first-order valence-corrected chi connectivity index (χ1v) is 6.05. The minimum Gasteiger partial charge on any atom is -0.478 e. The number of piperazine rings is 1. The van der Waals surface area contributed by atoms with Crippen LogP contribution in [0.25, 0.3) is 0 Å². The Morgan fingerprint density at radius 3 is 2.65 bits per heavy atom. The van der Waals surface area contributed by atoms with Gasteiger partial charge < -0.3 is 10.0 Å². The van der Waals surface area contributed by atoms with Gasteiger partial charge in [-0.05, 0) is 32.9 Å². The SMILES string of the molecule is Cc1cc(C(=O)O)cc(N2CC(=O)NC(=O)C2(C)C)n1. The van der Waals surface area contributed by atoms with E-state index in [9.17, 15) is 14.4 Å². The van der Waals surface area contributed by atoms with Gasteiger partial charge in [0.1, 0.15) is 11.4 Å². The minimum atomic E-state index is -1.08. The molecule has 0 unspecified atom stereocenters. The monoisotopic (exact) mass is 277 g/mol. The van der Waals surface area contributed by atoms with Gasteiger partial charge in [-0.2, -0.15) is 0 Å². The Morgan fingerprint density at radius 1 is 1.40 bits per heavy atom. The van der Waals surface area contributed by atoms with Crippen LogP contribution in [0.2, 0.25) is 0 Å². The van der Waals surface area contributed by atoms with Crippen LogP contribution in [0.3, 0.4) is 0 Å². The first kappa shape index (κ1) is 14.0. The number of pyridine rings is 1. The van der Waals surface area contributed by atoms with Crippen molar-refractivity contribution in [2.24, 2.45) is 0 Å². The second-order valence-corrected chi connectivity index (χ2v) is 5.18. The summed E-state index contributed by atoms with van der Waals surface area (Å²) >= 11 is 0. The number of carbonyl (C=O) groups is 3. The molecule has 1 saturated heterocycles. The van der Waals surface area contributed by atoms with Gasteiger partial charge in [0.15, 0.2) is 0 Å². The molecule has 1 aliphatic heterocycles. The number of hydrogen-bond donors (Lipinski definition) is 2. The molecule has 0 aliphatic carbocycles. The highest BCUT2D eigenvalue weighted by Gasteiger charge is 2.41. The van der Waals surface area contributed by atoms with Crippen molar-refractivity contribution in [3.05, 3.63) is 23.4 Å². The summed E-state index contributed by atoms with van der Waals surface area (Å²) in [5.41, 5.74) is -0.402. The van der Waals surface area contributed by atoms with E-state index in [1.54, 1.807) is 20.8 Å². The van der Waals surface area contributed by atoms with E-state index >= 15 is 0 Å². The summed E-state index contributed by atoms with van der Waals surface area (Å²) in [4.78, 5) is 40.3. The second kappa shape index (κ2) is 4.59. The Hall–Kier alpha value is -2.44. The van der Waals surface area contributed by atoms with Gasteiger partial charge in [0, 0.05) is 5.69 Å². The Bertz CT molecular complexity index is 610. The summed E-state index contributed by atoms with van der Waals surface area (Å²) in [7, 11) is 0. The third-order valence-electron chi connectivity index (χ3n) is 3.25. The zero-order valence-electron chi connectivity index (χ0n) is 11.4. The summed E-state index contributed by atoms with van der Waals surface area (Å²) in [6, 6.07) is 2.80. The van der Waals surface area contributed by atoms with Crippen LogP contribution in [0, 0.1) is 6.92 Å². The lowest BCUT2D eigenvalue weighted by molar-refractivity contribution is -0.135. The van der Waals surface area contributed by atoms with E-state index in [-0.39, 0.29) is 12.1 Å². The van der Waals surface area contributed by atoms with E-state index in [0.717, 1.165) is 0 Å². The maximum Gasteiger partial charge on any atom is 0.335 e. The van der Waals surface area contributed by atoms with Gasteiger partial charge in [-0.1, -0.05) is 0 Å². The molecule has 0 aromatic carbocycles. The van der Waals surface area contributed by atoms with Crippen molar-refractivity contribution in [3.8, 4) is 0 Å². The fourth-order valence-electron chi connectivity index (χ4n) is 2.06. The van der Waals surface area contributed by atoms with Crippen molar-refractivity contribution in [1.29, 1.82) is 0 Å². The van der Waals surface area contributed by atoms with Crippen LogP contribution in [-0.4, -0.2) is 40.0 Å². The topological polar surface area (TPSA) is 99.6 Å². The molecule has 7 nitrogen and oxygen atoms in total. The van der Waals surface area contributed by atoms with E-state index in [0.29, 0.717) is 11.5 Å². The number of imide groups is 1. The van der Waals surface area contributed by atoms with Gasteiger partial charge in [-0.15, -0.1) is 0 Å². The lowest BCUT2D eigenvalue weighted by atomic mass is 9.98. The Labute approximate surface area is 115 Å². The lowest BCUT2D eigenvalue weighted by Crippen LogP contribution is -2.64. The number of carboxylic acid groups (broad SMARTS) is 1. The molecular formula is C13H15N3O4. The third kappa shape index (κ3) is 2.34. The summed E-state index contributed by atoms with van der Waals surface area (Å²) in [5, 5.41) is 11.3. The minimum absolute atomic E-state index is 0.0474. The smallest absolute Gasteiger partial charge is 0.335 e. The van der Waals surface area contributed by atoms with Gasteiger partial charge in [-0.25, -0.2) is 9.78 Å². The van der Waals surface area contributed by atoms with Crippen molar-refractivity contribution in [2.75, 3.05) is 11.4 Å².